The highest BCUT2D eigenvalue weighted by Crippen LogP contribution is 2.10. The van der Waals surface area contributed by atoms with Gasteiger partial charge in [-0.15, -0.1) is 0 Å². The molecule has 13 heavy (non-hydrogen) atoms. The molecule has 0 saturated carbocycles. The van der Waals surface area contributed by atoms with Gasteiger partial charge >= 0.3 is 0 Å². The third kappa shape index (κ3) is 4.22. The summed E-state index contributed by atoms with van der Waals surface area (Å²) in [5, 5.41) is 0. The van der Waals surface area contributed by atoms with E-state index in [0.717, 1.165) is 0 Å². The van der Waals surface area contributed by atoms with Crippen molar-refractivity contribution in [2.45, 2.75) is 13.8 Å². The SMILES string of the molecule is C=CC[N+](CC=C)(OCC)OCC. The summed E-state index contributed by atoms with van der Waals surface area (Å²) in [5.74, 6) is 0. The highest BCUT2D eigenvalue weighted by Gasteiger charge is 2.27. The first-order valence-corrected chi connectivity index (χ1v) is 4.62. The Morgan fingerprint density at radius 2 is 1.38 bits per heavy atom. The molecular weight excluding hydrogens is 166 g/mol. The molecule has 0 fully saturated rings. The normalized spacial score (nSPS) is 11.2. The van der Waals surface area contributed by atoms with Gasteiger partial charge in [0.15, 0.2) is 13.1 Å². The van der Waals surface area contributed by atoms with Crippen LogP contribution in [0.2, 0.25) is 0 Å². The van der Waals surface area contributed by atoms with Gasteiger partial charge in [-0.05, 0) is 30.8 Å². The summed E-state index contributed by atoms with van der Waals surface area (Å²) in [7, 11) is 0. The van der Waals surface area contributed by atoms with Gasteiger partial charge in [-0.25, -0.2) is 0 Å². The Bertz CT molecular complexity index is 139. The van der Waals surface area contributed by atoms with Gasteiger partial charge in [-0.1, -0.05) is 13.2 Å². The highest BCUT2D eigenvalue weighted by atomic mass is 17.0. The van der Waals surface area contributed by atoms with Crippen molar-refractivity contribution in [2.24, 2.45) is 0 Å². The summed E-state index contributed by atoms with van der Waals surface area (Å²) in [6, 6.07) is 0. The van der Waals surface area contributed by atoms with Crippen LogP contribution in [0, 0.1) is 0 Å². The predicted molar refractivity (Wildman–Crippen MR) is 53.6 cm³/mol. The molecule has 0 aromatic heterocycles. The van der Waals surface area contributed by atoms with Gasteiger partial charge in [0.25, 0.3) is 0 Å². The number of nitrogens with zero attached hydrogens (tertiary/aromatic N) is 1. The van der Waals surface area contributed by atoms with E-state index in [1.165, 1.54) is 0 Å². The van der Waals surface area contributed by atoms with Crippen molar-refractivity contribution >= 4 is 0 Å². The van der Waals surface area contributed by atoms with Crippen LogP contribution in [0.25, 0.3) is 0 Å². The summed E-state index contributed by atoms with van der Waals surface area (Å²) in [6.07, 6.45) is 3.57. The first kappa shape index (κ1) is 12.4. The van der Waals surface area contributed by atoms with Crippen LogP contribution < -0.4 is 0 Å². The van der Waals surface area contributed by atoms with E-state index in [9.17, 15) is 0 Å². The standard InChI is InChI=1S/C10H20NO2/c1-5-9-11(10-6-2,12-7-3)13-8-4/h5-6H,1-2,7-10H2,3-4H3/q+1. The first-order chi connectivity index (χ1) is 6.24. The minimum Gasteiger partial charge on any atom is -0.168 e. The van der Waals surface area contributed by atoms with Crippen LogP contribution in [0.4, 0.5) is 0 Å². The second-order valence-electron chi connectivity index (χ2n) is 2.59. The second kappa shape index (κ2) is 6.83. The number of quaternary nitrogens is 1. The Hall–Kier alpha value is -0.640. The molecule has 3 heteroatoms. The molecule has 76 valence electrons. The van der Waals surface area contributed by atoms with Crippen molar-refractivity contribution in [1.82, 2.24) is 0 Å². The lowest BCUT2D eigenvalue weighted by Gasteiger charge is -2.29. The minimum atomic E-state index is 0.139. The summed E-state index contributed by atoms with van der Waals surface area (Å²) in [6.45, 7) is 13.7. The maximum Gasteiger partial charge on any atom is 0.161 e. The zero-order valence-electron chi connectivity index (χ0n) is 8.66. The van der Waals surface area contributed by atoms with Gasteiger partial charge in [0, 0.05) is 0 Å². The van der Waals surface area contributed by atoms with E-state index in [1.807, 2.05) is 13.8 Å². The van der Waals surface area contributed by atoms with Crippen molar-refractivity contribution in [3.8, 4) is 0 Å². The lowest BCUT2D eigenvalue weighted by Crippen LogP contribution is -2.48. The molecule has 0 heterocycles. The summed E-state index contributed by atoms with van der Waals surface area (Å²) >= 11 is 0. The number of hydrogen-bond acceptors (Lipinski definition) is 2. The molecule has 0 saturated heterocycles. The molecule has 0 aromatic rings. The Morgan fingerprint density at radius 1 is 1.00 bits per heavy atom. The van der Waals surface area contributed by atoms with Gasteiger partial charge in [-0.2, -0.15) is 9.68 Å². The summed E-state index contributed by atoms with van der Waals surface area (Å²) in [4.78, 5) is 11.2. The van der Waals surface area contributed by atoms with Crippen molar-refractivity contribution in [1.29, 1.82) is 0 Å². The predicted octanol–water partition coefficient (Wildman–Crippen LogP) is 2.08. The number of hydrogen-bond donors (Lipinski definition) is 0. The zero-order valence-corrected chi connectivity index (χ0v) is 8.66. The van der Waals surface area contributed by atoms with E-state index in [-0.39, 0.29) is 4.81 Å². The molecule has 0 atom stereocenters. The van der Waals surface area contributed by atoms with E-state index in [2.05, 4.69) is 13.2 Å². The Balaban J connectivity index is 4.35. The van der Waals surface area contributed by atoms with Crippen LogP contribution in [0.1, 0.15) is 13.8 Å². The van der Waals surface area contributed by atoms with Gasteiger partial charge in [0.05, 0.1) is 0 Å². The fourth-order valence-corrected chi connectivity index (χ4v) is 1.19. The fourth-order valence-electron chi connectivity index (χ4n) is 1.19. The molecular formula is C10H20NO2+. The average molecular weight is 186 g/mol. The molecule has 0 N–H and O–H groups in total. The number of hydroxylamine groups is 4. The molecule has 0 amide bonds. The highest BCUT2D eigenvalue weighted by molar-refractivity contribution is 4.68. The van der Waals surface area contributed by atoms with E-state index >= 15 is 0 Å². The van der Waals surface area contributed by atoms with Crippen LogP contribution >= 0.6 is 0 Å². The largest absolute Gasteiger partial charge is 0.168 e. The monoisotopic (exact) mass is 186 g/mol. The molecule has 0 spiro atoms. The molecule has 0 bridgehead atoms. The van der Waals surface area contributed by atoms with Gasteiger partial charge in [-0.3, -0.25) is 0 Å². The molecule has 0 aliphatic carbocycles. The third-order valence-corrected chi connectivity index (χ3v) is 1.54. The Kier molecular flexibility index (Phi) is 6.49. The van der Waals surface area contributed by atoms with Crippen LogP contribution in [-0.2, 0) is 9.68 Å². The molecule has 0 aliphatic heterocycles. The number of rotatable bonds is 8. The van der Waals surface area contributed by atoms with Crippen LogP contribution in [0.3, 0.4) is 0 Å². The molecule has 0 aromatic carbocycles. The molecule has 0 unspecified atom stereocenters. The summed E-state index contributed by atoms with van der Waals surface area (Å²) < 4.78 is 0. The van der Waals surface area contributed by atoms with E-state index in [1.54, 1.807) is 12.2 Å². The molecule has 0 radical (unpaired) electrons. The van der Waals surface area contributed by atoms with E-state index < -0.39 is 0 Å². The smallest absolute Gasteiger partial charge is 0.161 e. The lowest BCUT2D eigenvalue weighted by molar-refractivity contribution is -1.24. The van der Waals surface area contributed by atoms with Crippen LogP contribution in [-0.4, -0.2) is 31.1 Å². The zero-order chi connectivity index (χ0) is 10.2. The average Bonchev–Trinajstić information content (AvgIpc) is 2.06. The van der Waals surface area contributed by atoms with Crippen LogP contribution in [0.5, 0.6) is 0 Å². The van der Waals surface area contributed by atoms with Gasteiger partial charge < -0.3 is 0 Å². The Morgan fingerprint density at radius 3 is 1.62 bits per heavy atom. The Labute approximate surface area is 80.7 Å². The first-order valence-electron chi connectivity index (χ1n) is 4.62. The van der Waals surface area contributed by atoms with Crippen molar-refractivity contribution < 1.29 is 14.5 Å². The third-order valence-electron chi connectivity index (χ3n) is 1.54. The molecule has 3 nitrogen and oxygen atoms in total. The lowest BCUT2D eigenvalue weighted by atomic mass is 10.5. The maximum absolute atomic E-state index is 5.52. The quantitative estimate of drug-likeness (QED) is 0.328. The van der Waals surface area contributed by atoms with Gasteiger partial charge in [0.2, 0.25) is 0 Å². The molecule has 0 aliphatic rings. The minimum absolute atomic E-state index is 0.139. The van der Waals surface area contributed by atoms with Crippen LogP contribution in [0.15, 0.2) is 25.3 Å². The second-order valence-corrected chi connectivity index (χ2v) is 2.59. The molecule has 0 rings (SSSR count). The summed E-state index contributed by atoms with van der Waals surface area (Å²) in [5.41, 5.74) is 0. The maximum atomic E-state index is 5.52. The van der Waals surface area contributed by atoms with Gasteiger partial charge in [0.1, 0.15) is 13.2 Å². The van der Waals surface area contributed by atoms with E-state index in [0.29, 0.717) is 26.3 Å². The van der Waals surface area contributed by atoms with Crippen molar-refractivity contribution in [2.75, 3.05) is 26.3 Å². The van der Waals surface area contributed by atoms with E-state index in [4.69, 9.17) is 9.68 Å². The topological polar surface area (TPSA) is 18.5 Å². The van der Waals surface area contributed by atoms with Crippen molar-refractivity contribution in [3.05, 3.63) is 25.3 Å². The fraction of sp³-hybridized carbons (Fsp3) is 0.600. The van der Waals surface area contributed by atoms with Crippen molar-refractivity contribution in [3.63, 3.8) is 0 Å².